The lowest BCUT2D eigenvalue weighted by atomic mass is 9.80. The van der Waals surface area contributed by atoms with Crippen LogP contribution in [0.4, 0.5) is 0 Å². The van der Waals surface area contributed by atoms with E-state index in [4.69, 9.17) is 23.7 Å². The van der Waals surface area contributed by atoms with Gasteiger partial charge in [-0.3, -0.25) is 4.79 Å². The number of rotatable bonds is 8. The van der Waals surface area contributed by atoms with Crippen LogP contribution in [0.1, 0.15) is 37.0 Å². The van der Waals surface area contributed by atoms with Crippen molar-refractivity contribution >= 4 is 5.97 Å². The minimum absolute atomic E-state index is 0.0921. The molecule has 0 spiro atoms. The van der Waals surface area contributed by atoms with Gasteiger partial charge in [-0.15, -0.1) is 0 Å². The quantitative estimate of drug-likeness (QED) is 0.334. The van der Waals surface area contributed by atoms with Crippen molar-refractivity contribution in [2.24, 2.45) is 0 Å². The van der Waals surface area contributed by atoms with Crippen LogP contribution in [0.5, 0.6) is 0 Å². The number of ether oxygens (including phenoxy) is 5. The molecule has 2 heterocycles. The number of carbonyl (C=O) groups is 1. The molecule has 188 valence electrons. The minimum Gasteiger partial charge on any atom is -0.469 e. The second kappa shape index (κ2) is 10.1. The van der Waals surface area contributed by atoms with E-state index in [0.717, 1.165) is 16.7 Å². The molecule has 4 atom stereocenters. The van der Waals surface area contributed by atoms with Crippen molar-refractivity contribution in [2.75, 3.05) is 13.7 Å². The zero-order valence-corrected chi connectivity index (χ0v) is 20.8. The second-order valence-electron chi connectivity index (χ2n) is 9.65. The van der Waals surface area contributed by atoms with Crippen LogP contribution in [0.2, 0.25) is 0 Å². The molecule has 3 aromatic carbocycles. The molecule has 6 nitrogen and oxygen atoms in total. The van der Waals surface area contributed by atoms with Gasteiger partial charge < -0.3 is 23.7 Å². The summed E-state index contributed by atoms with van der Waals surface area (Å²) in [6, 6.07) is 30.6. The normalized spacial score (nSPS) is 24.9. The summed E-state index contributed by atoms with van der Waals surface area (Å²) in [5.74, 6) is -1.12. The van der Waals surface area contributed by atoms with E-state index in [-0.39, 0.29) is 31.2 Å². The summed E-state index contributed by atoms with van der Waals surface area (Å²) >= 11 is 0. The number of fused-ring (bicyclic) bond motifs is 1. The van der Waals surface area contributed by atoms with E-state index in [1.807, 2.05) is 68.4 Å². The van der Waals surface area contributed by atoms with E-state index in [2.05, 4.69) is 36.4 Å². The molecule has 6 heteroatoms. The molecule has 0 aliphatic carbocycles. The van der Waals surface area contributed by atoms with Crippen molar-refractivity contribution in [3.8, 4) is 0 Å². The molecule has 2 aliphatic heterocycles. The summed E-state index contributed by atoms with van der Waals surface area (Å²) in [6.45, 7) is 3.98. The number of hydrogen-bond acceptors (Lipinski definition) is 6. The summed E-state index contributed by atoms with van der Waals surface area (Å²) in [5, 5.41) is 0. The lowest BCUT2D eigenvalue weighted by Gasteiger charge is -2.37. The average Bonchev–Trinajstić information content (AvgIpc) is 3.39. The molecule has 0 amide bonds. The number of methoxy groups -OCH3 is 1. The molecule has 5 rings (SSSR count). The van der Waals surface area contributed by atoms with E-state index in [9.17, 15) is 4.79 Å². The summed E-state index contributed by atoms with van der Waals surface area (Å²) in [7, 11) is 1.37. The molecule has 0 unspecified atom stereocenters. The Kier molecular flexibility index (Phi) is 6.95. The predicted octanol–water partition coefficient (Wildman–Crippen LogP) is 4.85. The van der Waals surface area contributed by atoms with Crippen LogP contribution >= 0.6 is 0 Å². The first-order chi connectivity index (χ1) is 17.4. The fourth-order valence-electron chi connectivity index (χ4n) is 5.29. The zero-order chi connectivity index (χ0) is 25.2. The van der Waals surface area contributed by atoms with Gasteiger partial charge in [0.2, 0.25) is 0 Å². The van der Waals surface area contributed by atoms with Gasteiger partial charge in [-0.2, -0.15) is 0 Å². The maximum Gasteiger partial charge on any atom is 0.308 e. The van der Waals surface area contributed by atoms with Gasteiger partial charge in [-0.1, -0.05) is 91.0 Å². The Morgan fingerprint density at radius 2 is 1.22 bits per heavy atom. The van der Waals surface area contributed by atoms with Crippen LogP contribution in [0.3, 0.4) is 0 Å². The fourth-order valence-corrected chi connectivity index (χ4v) is 5.29. The average molecular weight is 489 g/mol. The van der Waals surface area contributed by atoms with Crippen LogP contribution in [0.15, 0.2) is 91.0 Å². The van der Waals surface area contributed by atoms with E-state index >= 15 is 0 Å². The highest BCUT2D eigenvalue weighted by molar-refractivity contribution is 5.70. The van der Waals surface area contributed by atoms with Crippen LogP contribution in [-0.4, -0.2) is 49.9 Å². The number of hydrogen-bond donors (Lipinski definition) is 0. The summed E-state index contributed by atoms with van der Waals surface area (Å²) in [4.78, 5) is 12.1. The Labute approximate surface area is 212 Å². The van der Waals surface area contributed by atoms with Gasteiger partial charge in [0, 0.05) is 0 Å². The van der Waals surface area contributed by atoms with Crippen molar-refractivity contribution in [1.82, 2.24) is 0 Å². The molecule has 0 bridgehead atoms. The fraction of sp³-hybridized carbons (Fsp3) is 0.367. The summed E-state index contributed by atoms with van der Waals surface area (Å²) < 4.78 is 30.5. The molecule has 0 saturated carbocycles. The Morgan fingerprint density at radius 3 is 1.67 bits per heavy atom. The first-order valence-corrected chi connectivity index (χ1v) is 12.3. The lowest BCUT2D eigenvalue weighted by Crippen LogP contribution is -2.39. The number of esters is 1. The van der Waals surface area contributed by atoms with E-state index in [1.54, 1.807) is 0 Å². The maximum absolute atomic E-state index is 12.1. The molecule has 36 heavy (non-hydrogen) atoms. The molecule has 2 aliphatic rings. The zero-order valence-electron chi connectivity index (χ0n) is 20.8. The lowest BCUT2D eigenvalue weighted by molar-refractivity contribution is -0.197. The van der Waals surface area contributed by atoms with Gasteiger partial charge in [-0.05, 0) is 30.5 Å². The highest BCUT2D eigenvalue weighted by Crippen LogP contribution is 2.44. The van der Waals surface area contributed by atoms with Crippen molar-refractivity contribution < 1.29 is 28.5 Å². The maximum atomic E-state index is 12.1. The van der Waals surface area contributed by atoms with E-state index < -0.39 is 23.6 Å². The standard InChI is InChI=1S/C30H32O6/c1-29(2)35-27-24(19-26(31)32-3)34-25(28(27)36-29)20-33-30(21-13-7-4-8-14-21,22-15-9-5-10-16-22)23-17-11-6-12-18-23/h4-18,24-25,27-28H,19-20H2,1-3H3/t24-,25+,27-,28+/m0/s1. The Balaban J connectivity index is 1.52. The third-order valence-electron chi connectivity index (χ3n) is 6.85. The van der Waals surface area contributed by atoms with Crippen LogP contribution < -0.4 is 0 Å². The first kappa shape index (κ1) is 24.7. The topological polar surface area (TPSA) is 63.2 Å². The largest absolute Gasteiger partial charge is 0.469 e. The van der Waals surface area contributed by atoms with Crippen LogP contribution in [0.25, 0.3) is 0 Å². The molecule has 0 aromatic heterocycles. The summed E-state index contributed by atoms with van der Waals surface area (Å²) in [5.41, 5.74) is 2.14. The summed E-state index contributed by atoms with van der Waals surface area (Å²) in [6.07, 6.45) is -1.56. The Morgan fingerprint density at radius 1 is 0.778 bits per heavy atom. The minimum atomic E-state index is -0.877. The number of benzene rings is 3. The third kappa shape index (κ3) is 4.70. The first-order valence-electron chi connectivity index (χ1n) is 12.3. The van der Waals surface area contributed by atoms with Crippen molar-refractivity contribution in [2.45, 2.75) is 56.1 Å². The Hall–Kier alpha value is -3.03. The van der Waals surface area contributed by atoms with Gasteiger partial charge in [-0.25, -0.2) is 0 Å². The molecular formula is C30H32O6. The molecule has 3 aromatic rings. The SMILES string of the molecule is COC(=O)C[C@@H]1O[C@H](COC(c2ccccc2)(c2ccccc2)c2ccccc2)[C@H]2OC(C)(C)O[C@H]21. The van der Waals surface area contributed by atoms with Crippen LogP contribution in [0, 0.1) is 0 Å². The molecule has 0 radical (unpaired) electrons. The molecule has 2 saturated heterocycles. The van der Waals surface area contributed by atoms with Crippen molar-refractivity contribution in [1.29, 1.82) is 0 Å². The van der Waals surface area contributed by atoms with Gasteiger partial charge >= 0.3 is 5.97 Å². The van der Waals surface area contributed by atoms with Gasteiger partial charge in [0.15, 0.2) is 5.79 Å². The highest BCUT2D eigenvalue weighted by atomic mass is 16.8. The number of carbonyl (C=O) groups excluding carboxylic acids is 1. The third-order valence-corrected chi connectivity index (χ3v) is 6.85. The Bertz CT molecular complexity index is 1050. The highest BCUT2D eigenvalue weighted by Gasteiger charge is 2.56. The van der Waals surface area contributed by atoms with E-state index in [1.165, 1.54) is 7.11 Å². The van der Waals surface area contributed by atoms with Gasteiger partial charge in [0.1, 0.15) is 23.9 Å². The van der Waals surface area contributed by atoms with Crippen molar-refractivity contribution in [3.63, 3.8) is 0 Å². The molecular weight excluding hydrogens is 456 g/mol. The van der Waals surface area contributed by atoms with Crippen LogP contribution in [-0.2, 0) is 34.1 Å². The van der Waals surface area contributed by atoms with Crippen molar-refractivity contribution in [3.05, 3.63) is 108 Å². The van der Waals surface area contributed by atoms with Gasteiger partial charge in [0.25, 0.3) is 0 Å². The molecule has 0 N–H and O–H groups in total. The predicted molar refractivity (Wildman–Crippen MR) is 134 cm³/mol. The monoisotopic (exact) mass is 488 g/mol. The second-order valence-corrected chi connectivity index (χ2v) is 9.65. The molecule has 2 fully saturated rings. The smallest absolute Gasteiger partial charge is 0.308 e. The van der Waals surface area contributed by atoms with E-state index in [0.29, 0.717) is 0 Å². The van der Waals surface area contributed by atoms with Gasteiger partial charge in [0.05, 0.1) is 26.2 Å².